The lowest BCUT2D eigenvalue weighted by atomic mass is 9.86. The van der Waals surface area contributed by atoms with Crippen LogP contribution in [0, 0.1) is 0 Å². The summed E-state index contributed by atoms with van der Waals surface area (Å²) in [6, 6.07) is 17.9. The molecule has 0 aliphatic rings. The average molecular weight is 498 g/mol. The number of hydrogen-bond donors (Lipinski definition) is 2. The van der Waals surface area contributed by atoms with Crippen LogP contribution < -0.4 is 5.32 Å². The molecule has 7 heteroatoms. The minimum atomic E-state index is -1.43. The van der Waals surface area contributed by atoms with Gasteiger partial charge in [0.15, 0.2) is 0 Å². The lowest BCUT2D eigenvalue weighted by Gasteiger charge is -2.34. The van der Waals surface area contributed by atoms with E-state index in [4.69, 9.17) is 9.47 Å². The Kier molecular flexibility index (Phi) is 12.5. The number of aryl methyl sites for hydroxylation is 1. The van der Waals surface area contributed by atoms with Crippen LogP contribution in [0.1, 0.15) is 76.3 Å². The molecule has 1 atom stereocenters. The summed E-state index contributed by atoms with van der Waals surface area (Å²) < 4.78 is 11.1. The second-order valence-corrected chi connectivity index (χ2v) is 9.15. The van der Waals surface area contributed by atoms with Gasteiger partial charge in [0, 0.05) is 0 Å². The molecule has 0 aliphatic carbocycles. The molecule has 0 radical (unpaired) electrons. The van der Waals surface area contributed by atoms with Gasteiger partial charge in [-0.2, -0.15) is 0 Å². The molecule has 2 aromatic rings. The molecule has 0 heterocycles. The Labute approximate surface area is 214 Å². The minimum absolute atomic E-state index is 0.00253. The summed E-state index contributed by atoms with van der Waals surface area (Å²) in [5.41, 5.74) is 1.42. The van der Waals surface area contributed by atoms with Crippen LogP contribution in [0.3, 0.4) is 0 Å². The standard InChI is InChI=1S/C29H39NO6/c1-3-18-29(19-4-2,20-12-11-15-23-13-7-5-8-14-23)36-26(31)21-25(27(32)33)30-28(34)35-22-24-16-9-6-10-17-24/h5-10,13-14,16-17,25H,3-4,11-12,15,18-22H2,1-2H3,(H,30,34)(H,32,33)/t25-/m0/s1. The highest BCUT2D eigenvalue weighted by Crippen LogP contribution is 2.31. The number of unbranched alkanes of at least 4 members (excludes halogenated alkanes) is 1. The molecule has 0 unspecified atom stereocenters. The Hall–Kier alpha value is -3.35. The molecule has 36 heavy (non-hydrogen) atoms. The summed E-state index contributed by atoms with van der Waals surface area (Å²) in [5.74, 6) is -1.95. The minimum Gasteiger partial charge on any atom is -0.480 e. The molecule has 7 nitrogen and oxygen atoms in total. The van der Waals surface area contributed by atoms with E-state index in [1.165, 1.54) is 5.56 Å². The van der Waals surface area contributed by atoms with Gasteiger partial charge in [0.25, 0.3) is 0 Å². The predicted octanol–water partition coefficient (Wildman–Crippen LogP) is 6.05. The number of carbonyl (C=O) groups is 3. The molecule has 0 aromatic heterocycles. The molecular weight excluding hydrogens is 458 g/mol. The van der Waals surface area contributed by atoms with Gasteiger partial charge in [0.05, 0.1) is 6.42 Å². The van der Waals surface area contributed by atoms with Crippen molar-refractivity contribution in [3.8, 4) is 0 Å². The zero-order chi connectivity index (χ0) is 26.2. The first-order chi connectivity index (χ1) is 17.4. The molecule has 2 N–H and O–H groups in total. The number of carboxylic acid groups (broad SMARTS) is 1. The number of aliphatic carboxylic acids is 1. The van der Waals surface area contributed by atoms with E-state index < -0.39 is 36.1 Å². The average Bonchev–Trinajstić information content (AvgIpc) is 2.86. The maximum absolute atomic E-state index is 12.9. The highest BCUT2D eigenvalue weighted by molar-refractivity contribution is 5.85. The topological polar surface area (TPSA) is 102 Å². The van der Waals surface area contributed by atoms with Gasteiger partial charge in [0.2, 0.25) is 0 Å². The number of carboxylic acids is 1. The molecule has 0 spiro atoms. The molecule has 2 aromatic carbocycles. The summed E-state index contributed by atoms with van der Waals surface area (Å²) in [5, 5.41) is 11.8. The third-order valence-corrected chi connectivity index (χ3v) is 6.11. The molecule has 196 valence electrons. The van der Waals surface area contributed by atoms with Gasteiger partial charge in [-0.1, -0.05) is 87.4 Å². The van der Waals surface area contributed by atoms with Crippen LogP contribution in [0.2, 0.25) is 0 Å². The maximum Gasteiger partial charge on any atom is 0.408 e. The maximum atomic E-state index is 12.9. The summed E-state index contributed by atoms with van der Waals surface area (Å²) in [6.07, 6.45) is 5.30. The van der Waals surface area contributed by atoms with Crippen LogP contribution in [0.15, 0.2) is 60.7 Å². The van der Waals surface area contributed by atoms with Crippen molar-refractivity contribution < 1.29 is 29.0 Å². The number of benzene rings is 2. The van der Waals surface area contributed by atoms with Crippen LogP contribution in [0.4, 0.5) is 4.79 Å². The van der Waals surface area contributed by atoms with Crippen molar-refractivity contribution in [1.29, 1.82) is 0 Å². The van der Waals surface area contributed by atoms with Gasteiger partial charge in [-0.15, -0.1) is 0 Å². The van der Waals surface area contributed by atoms with Gasteiger partial charge in [-0.05, 0) is 49.7 Å². The predicted molar refractivity (Wildman–Crippen MR) is 138 cm³/mol. The van der Waals surface area contributed by atoms with Crippen molar-refractivity contribution in [3.63, 3.8) is 0 Å². The summed E-state index contributed by atoms with van der Waals surface area (Å²) in [6.45, 7) is 4.10. The fraction of sp³-hybridized carbons (Fsp3) is 0.483. The highest BCUT2D eigenvalue weighted by atomic mass is 16.6. The van der Waals surface area contributed by atoms with E-state index in [0.29, 0.717) is 12.8 Å². The lowest BCUT2D eigenvalue weighted by molar-refractivity contribution is -0.165. The van der Waals surface area contributed by atoms with Crippen molar-refractivity contribution in [1.82, 2.24) is 5.32 Å². The van der Waals surface area contributed by atoms with Crippen molar-refractivity contribution in [2.24, 2.45) is 0 Å². The van der Waals surface area contributed by atoms with Gasteiger partial charge < -0.3 is 19.9 Å². The van der Waals surface area contributed by atoms with Gasteiger partial charge in [-0.3, -0.25) is 4.79 Å². The van der Waals surface area contributed by atoms with Crippen LogP contribution in [0.25, 0.3) is 0 Å². The summed E-state index contributed by atoms with van der Waals surface area (Å²) in [4.78, 5) is 36.7. The number of amides is 1. The van der Waals surface area contributed by atoms with Gasteiger partial charge in [0.1, 0.15) is 18.2 Å². The third kappa shape index (κ3) is 10.5. The molecule has 0 fully saturated rings. The molecule has 2 rings (SSSR count). The highest BCUT2D eigenvalue weighted by Gasteiger charge is 2.34. The first kappa shape index (κ1) is 28.9. The zero-order valence-electron chi connectivity index (χ0n) is 21.4. The monoisotopic (exact) mass is 497 g/mol. The Morgan fingerprint density at radius 1 is 0.861 bits per heavy atom. The van der Waals surface area contributed by atoms with Gasteiger partial charge >= 0.3 is 18.0 Å². The summed E-state index contributed by atoms with van der Waals surface area (Å²) >= 11 is 0. The lowest BCUT2D eigenvalue weighted by Crippen LogP contribution is -2.44. The fourth-order valence-electron chi connectivity index (χ4n) is 4.42. The normalized spacial score (nSPS) is 11.9. The van der Waals surface area contributed by atoms with Crippen molar-refractivity contribution in [2.45, 2.75) is 89.9 Å². The number of rotatable bonds is 16. The van der Waals surface area contributed by atoms with E-state index in [2.05, 4.69) is 17.4 Å². The largest absolute Gasteiger partial charge is 0.480 e. The van der Waals surface area contributed by atoms with Crippen LogP contribution in [0.5, 0.6) is 0 Å². The zero-order valence-corrected chi connectivity index (χ0v) is 21.4. The number of carbonyl (C=O) groups excluding carboxylic acids is 2. The van der Waals surface area contributed by atoms with Crippen LogP contribution in [-0.2, 0) is 32.1 Å². The van der Waals surface area contributed by atoms with Crippen molar-refractivity contribution in [3.05, 3.63) is 71.8 Å². The first-order valence-electron chi connectivity index (χ1n) is 12.8. The van der Waals surface area contributed by atoms with Crippen molar-refractivity contribution >= 4 is 18.0 Å². The smallest absolute Gasteiger partial charge is 0.408 e. The van der Waals surface area contributed by atoms with E-state index >= 15 is 0 Å². The van der Waals surface area contributed by atoms with Crippen LogP contribution >= 0.6 is 0 Å². The number of ether oxygens (including phenoxy) is 2. The first-order valence-corrected chi connectivity index (χ1v) is 12.8. The van der Waals surface area contributed by atoms with E-state index in [9.17, 15) is 19.5 Å². The Morgan fingerprint density at radius 2 is 1.44 bits per heavy atom. The quantitative estimate of drug-likeness (QED) is 0.216. The molecular formula is C29H39NO6. The SMILES string of the molecule is CCCC(CCC)(CCCCc1ccccc1)OC(=O)C[C@H](NC(=O)OCc1ccccc1)C(=O)O. The summed E-state index contributed by atoms with van der Waals surface area (Å²) in [7, 11) is 0. The van der Waals surface area contributed by atoms with E-state index in [1.807, 2.05) is 50.2 Å². The molecule has 0 saturated carbocycles. The molecule has 0 saturated heterocycles. The number of esters is 1. The number of hydrogen-bond acceptors (Lipinski definition) is 5. The second kappa shape index (κ2) is 15.6. The Bertz CT molecular complexity index is 925. The Balaban J connectivity index is 1.92. The molecule has 0 aliphatic heterocycles. The van der Waals surface area contributed by atoms with E-state index in [-0.39, 0.29) is 6.61 Å². The Morgan fingerprint density at radius 3 is 2.00 bits per heavy atom. The number of alkyl carbamates (subject to hydrolysis) is 1. The molecule has 0 bridgehead atoms. The van der Waals surface area contributed by atoms with Crippen molar-refractivity contribution in [2.75, 3.05) is 0 Å². The van der Waals surface area contributed by atoms with Crippen LogP contribution in [-0.4, -0.2) is 34.8 Å². The van der Waals surface area contributed by atoms with Gasteiger partial charge in [-0.25, -0.2) is 9.59 Å². The van der Waals surface area contributed by atoms with E-state index in [0.717, 1.165) is 44.1 Å². The molecule has 1 amide bonds. The fourth-order valence-corrected chi connectivity index (χ4v) is 4.42. The van der Waals surface area contributed by atoms with E-state index in [1.54, 1.807) is 12.1 Å². The number of nitrogens with one attached hydrogen (secondary N) is 1. The third-order valence-electron chi connectivity index (χ3n) is 6.11. The second-order valence-electron chi connectivity index (χ2n) is 9.15.